The van der Waals surface area contributed by atoms with E-state index < -0.39 is 5.97 Å². The molecule has 0 spiro atoms. The second kappa shape index (κ2) is 3.88. The number of halogens is 1. The normalized spacial score (nSPS) is 11.5. The van der Waals surface area contributed by atoms with Crippen LogP contribution in [0, 0.1) is 0 Å². The number of carboxylic acid groups (broad SMARTS) is 1. The van der Waals surface area contributed by atoms with Crippen molar-refractivity contribution in [1.82, 2.24) is 0 Å². The van der Waals surface area contributed by atoms with Crippen LogP contribution in [0.1, 0.15) is 6.92 Å². The van der Waals surface area contributed by atoms with Gasteiger partial charge in [0.2, 0.25) is 0 Å². The highest BCUT2D eigenvalue weighted by molar-refractivity contribution is 14.1. The predicted octanol–water partition coefficient (Wildman–Crippen LogP) is 1.45. The molecule has 0 rings (SSSR count). The Morgan fingerprint density at radius 2 is 2.38 bits per heavy atom. The molecule has 0 aliphatic heterocycles. The highest BCUT2D eigenvalue weighted by Crippen LogP contribution is 1.96. The van der Waals surface area contributed by atoms with Crippen molar-refractivity contribution >= 4 is 28.6 Å². The number of alkyl halides is 1. The molecule has 0 bridgehead atoms. The summed E-state index contributed by atoms with van der Waals surface area (Å²) in [5.41, 5.74) is 0.887. The van der Waals surface area contributed by atoms with Crippen molar-refractivity contribution in [3.8, 4) is 0 Å². The molecule has 0 unspecified atom stereocenters. The Morgan fingerprint density at radius 1 is 1.88 bits per heavy atom. The van der Waals surface area contributed by atoms with Crippen LogP contribution in [0.5, 0.6) is 0 Å². The molecule has 8 heavy (non-hydrogen) atoms. The fourth-order valence-corrected chi connectivity index (χ4v) is 0.470. The Bertz CT molecular complexity index is 118. The van der Waals surface area contributed by atoms with E-state index in [0.29, 0.717) is 0 Å². The van der Waals surface area contributed by atoms with Crippen molar-refractivity contribution in [2.45, 2.75) is 6.92 Å². The maximum atomic E-state index is 9.89. The first-order valence-electron chi connectivity index (χ1n) is 2.13. The fourth-order valence-electron chi connectivity index (χ4n) is 0.249. The monoisotopic (exact) mass is 226 g/mol. The van der Waals surface area contributed by atoms with E-state index in [1.807, 2.05) is 0 Å². The molecule has 0 saturated heterocycles. The van der Waals surface area contributed by atoms with Gasteiger partial charge in [-0.15, -0.1) is 0 Å². The molecule has 0 saturated carbocycles. The zero-order chi connectivity index (χ0) is 6.57. The van der Waals surface area contributed by atoms with Crippen molar-refractivity contribution in [3.05, 3.63) is 11.6 Å². The van der Waals surface area contributed by atoms with Gasteiger partial charge in [-0.25, -0.2) is 4.79 Å². The number of rotatable bonds is 2. The third-order valence-corrected chi connectivity index (χ3v) is 1.78. The maximum absolute atomic E-state index is 9.89. The van der Waals surface area contributed by atoms with Gasteiger partial charge in [0.15, 0.2) is 0 Å². The maximum Gasteiger partial charge on any atom is 0.328 e. The molecule has 0 aromatic rings. The van der Waals surface area contributed by atoms with E-state index in [9.17, 15) is 4.79 Å². The average Bonchev–Trinajstić information content (AvgIpc) is 1.65. The summed E-state index contributed by atoms with van der Waals surface area (Å²) in [5, 5.41) is 8.14. The van der Waals surface area contributed by atoms with E-state index in [1.165, 1.54) is 6.08 Å². The van der Waals surface area contributed by atoms with Gasteiger partial charge in [-0.3, -0.25) is 0 Å². The predicted molar refractivity (Wildman–Crippen MR) is 40.3 cm³/mol. The molecule has 2 nitrogen and oxygen atoms in total. The molecule has 0 aromatic heterocycles. The van der Waals surface area contributed by atoms with Crippen LogP contribution < -0.4 is 0 Å². The Kier molecular flexibility index (Phi) is 3.85. The molecule has 46 valence electrons. The largest absolute Gasteiger partial charge is 0.478 e. The Morgan fingerprint density at radius 3 is 2.50 bits per heavy atom. The SMILES string of the molecule is CC(=CC(=O)O)CI. The van der Waals surface area contributed by atoms with Gasteiger partial charge in [-0.05, 0) is 6.92 Å². The number of carboxylic acids is 1. The molecular formula is C5H7IO2. The second-order valence-corrected chi connectivity index (χ2v) is 2.23. The lowest BCUT2D eigenvalue weighted by Gasteiger charge is -1.86. The standard InChI is InChI=1S/C5H7IO2/c1-4(3-6)2-5(7)8/h2H,3H2,1H3,(H,7,8). The number of aliphatic carboxylic acids is 1. The van der Waals surface area contributed by atoms with Gasteiger partial charge in [0.05, 0.1) is 0 Å². The molecule has 3 heteroatoms. The van der Waals surface area contributed by atoms with Crippen LogP contribution in [0.3, 0.4) is 0 Å². The van der Waals surface area contributed by atoms with Gasteiger partial charge in [0.1, 0.15) is 0 Å². The van der Waals surface area contributed by atoms with Crippen LogP contribution in [-0.2, 0) is 4.79 Å². The van der Waals surface area contributed by atoms with Crippen LogP contribution in [0.15, 0.2) is 11.6 Å². The van der Waals surface area contributed by atoms with E-state index >= 15 is 0 Å². The second-order valence-electron chi connectivity index (χ2n) is 1.46. The minimum Gasteiger partial charge on any atom is -0.478 e. The van der Waals surface area contributed by atoms with E-state index in [0.717, 1.165) is 10.0 Å². The summed E-state index contributed by atoms with van der Waals surface area (Å²) < 4.78 is 0.782. The van der Waals surface area contributed by atoms with Crippen LogP contribution in [-0.4, -0.2) is 15.5 Å². The fraction of sp³-hybridized carbons (Fsp3) is 0.400. The first-order chi connectivity index (χ1) is 3.66. The topological polar surface area (TPSA) is 37.3 Å². The van der Waals surface area contributed by atoms with Crippen LogP contribution >= 0.6 is 22.6 Å². The molecule has 1 N–H and O–H groups in total. The molecule has 0 atom stereocenters. The zero-order valence-electron chi connectivity index (χ0n) is 4.52. The summed E-state index contributed by atoms with van der Waals surface area (Å²) in [6, 6.07) is 0. The van der Waals surface area contributed by atoms with Gasteiger partial charge in [0.25, 0.3) is 0 Å². The van der Waals surface area contributed by atoms with E-state index in [4.69, 9.17) is 5.11 Å². The summed E-state index contributed by atoms with van der Waals surface area (Å²) in [6.07, 6.45) is 1.21. The van der Waals surface area contributed by atoms with E-state index in [2.05, 4.69) is 22.6 Å². The Hall–Kier alpha value is -0.0600. The summed E-state index contributed by atoms with van der Waals surface area (Å²) in [5.74, 6) is -0.862. The molecule has 0 amide bonds. The van der Waals surface area contributed by atoms with Crippen molar-refractivity contribution in [2.75, 3.05) is 4.43 Å². The van der Waals surface area contributed by atoms with E-state index in [-0.39, 0.29) is 0 Å². The lowest BCUT2D eigenvalue weighted by molar-refractivity contribution is -0.131. The number of allylic oxidation sites excluding steroid dienone is 1. The molecule has 0 radical (unpaired) electrons. The van der Waals surface area contributed by atoms with Crippen molar-refractivity contribution < 1.29 is 9.90 Å². The van der Waals surface area contributed by atoms with Gasteiger partial charge in [-0.1, -0.05) is 28.2 Å². The van der Waals surface area contributed by atoms with Gasteiger partial charge < -0.3 is 5.11 Å². The van der Waals surface area contributed by atoms with Crippen LogP contribution in [0.2, 0.25) is 0 Å². The number of hydrogen-bond acceptors (Lipinski definition) is 1. The summed E-state index contributed by atoms with van der Waals surface area (Å²) in [6.45, 7) is 1.79. The van der Waals surface area contributed by atoms with Crippen molar-refractivity contribution in [3.63, 3.8) is 0 Å². The average molecular weight is 226 g/mol. The lowest BCUT2D eigenvalue weighted by atomic mass is 10.3. The third-order valence-electron chi connectivity index (χ3n) is 0.581. The van der Waals surface area contributed by atoms with Gasteiger partial charge in [-0.2, -0.15) is 0 Å². The van der Waals surface area contributed by atoms with Crippen LogP contribution in [0.4, 0.5) is 0 Å². The van der Waals surface area contributed by atoms with Gasteiger partial charge >= 0.3 is 5.97 Å². The van der Waals surface area contributed by atoms with Gasteiger partial charge in [0, 0.05) is 10.5 Å². The lowest BCUT2D eigenvalue weighted by Crippen LogP contribution is -1.89. The summed E-state index contributed by atoms with van der Waals surface area (Å²) in [4.78, 5) is 9.89. The quantitative estimate of drug-likeness (QED) is 0.439. The van der Waals surface area contributed by atoms with Crippen LogP contribution in [0.25, 0.3) is 0 Å². The highest BCUT2D eigenvalue weighted by Gasteiger charge is 1.88. The minimum atomic E-state index is -0.862. The highest BCUT2D eigenvalue weighted by atomic mass is 127. The molecule has 0 aromatic carbocycles. The van der Waals surface area contributed by atoms with Crippen molar-refractivity contribution in [1.29, 1.82) is 0 Å². The molecule has 0 aliphatic rings. The number of carbonyl (C=O) groups is 1. The molecule has 0 aliphatic carbocycles. The zero-order valence-corrected chi connectivity index (χ0v) is 6.68. The number of hydrogen-bond donors (Lipinski definition) is 1. The van der Waals surface area contributed by atoms with Crippen molar-refractivity contribution in [2.24, 2.45) is 0 Å². The summed E-state index contributed by atoms with van der Waals surface area (Å²) >= 11 is 2.12. The minimum absolute atomic E-state index is 0.782. The smallest absolute Gasteiger partial charge is 0.328 e. The first-order valence-corrected chi connectivity index (χ1v) is 3.65. The molecule has 0 heterocycles. The Labute approximate surface area is 61.7 Å². The summed E-state index contributed by atoms with van der Waals surface area (Å²) in [7, 11) is 0. The first kappa shape index (κ1) is 7.94. The molecular weight excluding hydrogens is 219 g/mol. The molecule has 0 fully saturated rings. The van der Waals surface area contributed by atoms with E-state index in [1.54, 1.807) is 6.92 Å². The third kappa shape index (κ3) is 4.11. The Balaban J connectivity index is 3.75.